The number of rotatable bonds is 5. The third-order valence-corrected chi connectivity index (χ3v) is 7.14. The minimum Gasteiger partial charge on any atom is -0.357 e. The number of aromatic nitrogens is 1. The fraction of sp³-hybridized carbons (Fsp3) is 0.455. The smallest absolute Gasteiger partial charge is 0.251 e. The minimum atomic E-state index is -3.29. The lowest BCUT2D eigenvalue weighted by atomic mass is 9.99. The molecule has 4 rings (SSSR count). The van der Waals surface area contributed by atoms with Gasteiger partial charge in [0.25, 0.3) is 5.91 Å². The van der Waals surface area contributed by atoms with Crippen molar-refractivity contribution in [3.63, 3.8) is 0 Å². The largest absolute Gasteiger partial charge is 0.357 e. The van der Waals surface area contributed by atoms with Crippen LogP contribution in [0.25, 0.3) is 0 Å². The molecule has 1 N–H and O–H groups in total. The summed E-state index contributed by atoms with van der Waals surface area (Å²) in [5.41, 5.74) is 3.04. The van der Waals surface area contributed by atoms with Gasteiger partial charge in [0.05, 0.1) is 11.9 Å². The maximum absolute atomic E-state index is 12.6. The number of amides is 1. The van der Waals surface area contributed by atoms with E-state index in [9.17, 15) is 13.2 Å². The summed E-state index contributed by atoms with van der Waals surface area (Å²) in [6.07, 6.45) is 6.03. The number of fused-ring (bicyclic) bond motifs is 1. The summed E-state index contributed by atoms with van der Waals surface area (Å²) in [6, 6.07) is 9.21. The van der Waals surface area contributed by atoms with Gasteiger partial charge in [-0.05, 0) is 60.6 Å². The Balaban J connectivity index is 1.36. The molecule has 7 nitrogen and oxygen atoms in total. The van der Waals surface area contributed by atoms with Crippen molar-refractivity contribution >= 4 is 27.4 Å². The molecule has 8 heteroatoms. The molecule has 0 spiro atoms. The number of piperidine rings is 1. The second-order valence-electron chi connectivity index (χ2n) is 8.31. The molecule has 3 heterocycles. The van der Waals surface area contributed by atoms with Crippen molar-refractivity contribution in [1.82, 2.24) is 10.3 Å². The van der Waals surface area contributed by atoms with Crippen molar-refractivity contribution in [3.05, 3.63) is 53.2 Å². The van der Waals surface area contributed by atoms with E-state index < -0.39 is 10.0 Å². The molecule has 0 aliphatic carbocycles. The van der Waals surface area contributed by atoms with Crippen molar-refractivity contribution in [2.45, 2.75) is 32.7 Å². The first-order valence-electron chi connectivity index (χ1n) is 10.4. The monoisotopic (exact) mass is 428 g/mol. The molecule has 0 radical (unpaired) electrons. The second kappa shape index (κ2) is 8.26. The maximum Gasteiger partial charge on any atom is 0.251 e. The molecule has 160 valence electrons. The molecule has 0 atom stereocenters. The lowest BCUT2D eigenvalue weighted by Gasteiger charge is -2.31. The number of pyridine rings is 1. The van der Waals surface area contributed by atoms with Crippen molar-refractivity contribution in [2.24, 2.45) is 5.92 Å². The molecule has 1 aromatic carbocycles. The number of carbonyl (C=O) groups is 1. The van der Waals surface area contributed by atoms with Gasteiger partial charge in [0.1, 0.15) is 5.82 Å². The number of hydrogen-bond acceptors (Lipinski definition) is 5. The SMILES string of the molecule is CC1CCN(c2ccc(CNC(=O)c3ccc4c(c3)CCN4S(C)(=O)=O)cn2)CC1. The highest BCUT2D eigenvalue weighted by Crippen LogP contribution is 2.30. The van der Waals surface area contributed by atoms with Gasteiger partial charge in [0.2, 0.25) is 10.0 Å². The van der Waals surface area contributed by atoms with Crippen LogP contribution in [0.15, 0.2) is 36.5 Å². The minimum absolute atomic E-state index is 0.176. The molecule has 2 aromatic rings. The summed E-state index contributed by atoms with van der Waals surface area (Å²) in [6.45, 7) is 5.20. The summed E-state index contributed by atoms with van der Waals surface area (Å²) >= 11 is 0. The van der Waals surface area contributed by atoms with E-state index in [4.69, 9.17) is 0 Å². The summed E-state index contributed by atoms with van der Waals surface area (Å²) in [7, 11) is -3.29. The first kappa shape index (κ1) is 20.7. The third-order valence-electron chi connectivity index (χ3n) is 5.96. The van der Waals surface area contributed by atoms with Crippen LogP contribution in [0.5, 0.6) is 0 Å². The number of hydrogen-bond donors (Lipinski definition) is 1. The Labute approximate surface area is 178 Å². The van der Waals surface area contributed by atoms with E-state index in [2.05, 4.69) is 22.1 Å². The number of nitrogens with zero attached hydrogens (tertiary/aromatic N) is 3. The molecule has 0 unspecified atom stereocenters. The Morgan fingerprint density at radius 2 is 1.93 bits per heavy atom. The van der Waals surface area contributed by atoms with Gasteiger partial charge < -0.3 is 10.2 Å². The van der Waals surface area contributed by atoms with E-state index in [1.807, 2.05) is 18.3 Å². The fourth-order valence-electron chi connectivity index (χ4n) is 4.09. The zero-order chi connectivity index (χ0) is 21.3. The molecule has 0 bridgehead atoms. The number of anilines is 2. The lowest BCUT2D eigenvalue weighted by molar-refractivity contribution is 0.0951. The molecule has 1 aromatic heterocycles. The average molecular weight is 429 g/mol. The van der Waals surface area contributed by atoms with Gasteiger partial charge >= 0.3 is 0 Å². The Kier molecular flexibility index (Phi) is 5.69. The quantitative estimate of drug-likeness (QED) is 0.792. The van der Waals surface area contributed by atoms with Crippen molar-refractivity contribution in [3.8, 4) is 0 Å². The molecule has 30 heavy (non-hydrogen) atoms. The Morgan fingerprint density at radius 3 is 2.60 bits per heavy atom. The first-order valence-corrected chi connectivity index (χ1v) is 12.2. The van der Waals surface area contributed by atoms with Gasteiger partial charge in [-0.3, -0.25) is 9.10 Å². The Bertz CT molecular complexity index is 1030. The van der Waals surface area contributed by atoms with E-state index in [-0.39, 0.29) is 5.91 Å². The number of sulfonamides is 1. The molecular weight excluding hydrogens is 400 g/mol. The van der Waals surface area contributed by atoms with Crippen molar-refractivity contribution < 1.29 is 13.2 Å². The lowest BCUT2D eigenvalue weighted by Crippen LogP contribution is -2.33. The molecular formula is C22H28N4O3S. The Hall–Kier alpha value is -2.61. The molecule has 2 aliphatic heterocycles. The zero-order valence-electron chi connectivity index (χ0n) is 17.5. The third kappa shape index (κ3) is 4.43. The van der Waals surface area contributed by atoms with Gasteiger partial charge in [-0.15, -0.1) is 0 Å². The van der Waals surface area contributed by atoms with E-state index in [0.717, 1.165) is 36.0 Å². The van der Waals surface area contributed by atoms with Gasteiger partial charge in [-0.25, -0.2) is 13.4 Å². The predicted molar refractivity (Wildman–Crippen MR) is 118 cm³/mol. The molecule has 1 amide bonds. The highest BCUT2D eigenvalue weighted by molar-refractivity contribution is 7.92. The number of benzene rings is 1. The van der Waals surface area contributed by atoms with Crippen LogP contribution in [0, 0.1) is 5.92 Å². The molecule has 1 fully saturated rings. The first-order chi connectivity index (χ1) is 14.3. The molecule has 2 aliphatic rings. The summed E-state index contributed by atoms with van der Waals surface area (Å²) in [5, 5.41) is 2.93. The van der Waals surface area contributed by atoms with E-state index in [1.165, 1.54) is 23.4 Å². The summed E-state index contributed by atoms with van der Waals surface area (Å²) in [4.78, 5) is 19.5. The number of carbonyl (C=O) groups excluding carboxylic acids is 1. The normalized spacial score (nSPS) is 17.1. The van der Waals surface area contributed by atoms with Gasteiger partial charge in [-0.1, -0.05) is 13.0 Å². The van der Waals surface area contributed by atoms with Crippen LogP contribution in [0.4, 0.5) is 11.5 Å². The fourth-order valence-corrected chi connectivity index (χ4v) is 5.05. The standard InChI is InChI=1S/C22H28N4O3S/c1-16-7-10-25(11-8-16)21-6-3-17(14-23-21)15-24-22(27)19-4-5-20-18(13-19)9-12-26(20)30(2,28)29/h3-6,13-14,16H,7-12,15H2,1-2H3,(H,24,27). The predicted octanol–water partition coefficient (Wildman–Crippen LogP) is 2.57. The van der Waals surface area contributed by atoms with Crippen LogP contribution in [0.1, 0.15) is 41.3 Å². The van der Waals surface area contributed by atoms with Crippen LogP contribution >= 0.6 is 0 Å². The molecule has 0 saturated carbocycles. The summed E-state index contributed by atoms with van der Waals surface area (Å²) < 4.78 is 25.1. The van der Waals surface area contributed by atoms with Crippen LogP contribution in [-0.4, -0.2) is 45.2 Å². The Morgan fingerprint density at radius 1 is 1.17 bits per heavy atom. The van der Waals surface area contributed by atoms with Crippen LogP contribution in [0.3, 0.4) is 0 Å². The van der Waals surface area contributed by atoms with Crippen LogP contribution in [0.2, 0.25) is 0 Å². The topological polar surface area (TPSA) is 82.6 Å². The second-order valence-corrected chi connectivity index (χ2v) is 10.2. The zero-order valence-corrected chi connectivity index (χ0v) is 18.3. The summed E-state index contributed by atoms with van der Waals surface area (Å²) in [5.74, 6) is 1.60. The average Bonchev–Trinajstić information content (AvgIpc) is 3.17. The van der Waals surface area contributed by atoms with Crippen molar-refractivity contribution in [2.75, 3.05) is 35.1 Å². The maximum atomic E-state index is 12.6. The van der Waals surface area contributed by atoms with Gasteiger partial charge in [0, 0.05) is 37.9 Å². The highest BCUT2D eigenvalue weighted by Gasteiger charge is 2.26. The van der Waals surface area contributed by atoms with E-state index >= 15 is 0 Å². The van der Waals surface area contributed by atoms with Crippen LogP contribution in [-0.2, 0) is 23.0 Å². The highest BCUT2D eigenvalue weighted by atomic mass is 32.2. The van der Waals surface area contributed by atoms with Crippen LogP contribution < -0.4 is 14.5 Å². The van der Waals surface area contributed by atoms with E-state index in [0.29, 0.717) is 30.8 Å². The molecule has 1 saturated heterocycles. The van der Waals surface area contributed by atoms with Crippen molar-refractivity contribution in [1.29, 1.82) is 0 Å². The number of nitrogens with one attached hydrogen (secondary N) is 1. The van der Waals surface area contributed by atoms with E-state index in [1.54, 1.807) is 18.2 Å². The van der Waals surface area contributed by atoms with Gasteiger partial charge in [-0.2, -0.15) is 0 Å². The van der Waals surface area contributed by atoms with Gasteiger partial charge in [0.15, 0.2) is 0 Å².